The van der Waals surface area contributed by atoms with Gasteiger partial charge in [0.15, 0.2) is 6.10 Å². The Bertz CT molecular complexity index is 641. The van der Waals surface area contributed by atoms with E-state index in [0.717, 1.165) is 5.56 Å². The second-order valence-electron chi connectivity index (χ2n) is 4.80. The van der Waals surface area contributed by atoms with Crippen molar-refractivity contribution in [3.8, 4) is 5.75 Å². The molecule has 2 rings (SSSR count). The zero-order valence-corrected chi connectivity index (χ0v) is 11.9. The predicted molar refractivity (Wildman–Crippen MR) is 80.7 cm³/mol. The van der Waals surface area contributed by atoms with Crippen LogP contribution in [0.4, 0.5) is 15.8 Å². The normalized spacial score (nSPS) is 11.8. The minimum Gasteiger partial charge on any atom is -0.481 e. The highest BCUT2D eigenvalue weighted by Crippen LogP contribution is 2.18. The van der Waals surface area contributed by atoms with E-state index >= 15 is 0 Å². The molecule has 0 aliphatic heterocycles. The molecule has 21 heavy (non-hydrogen) atoms. The van der Waals surface area contributed by atoms with E-state index in [-0.39, 0.29) is 11.6 Å². The lowest BCUT2D eigenvalue weighted by atomic mass is 10.2. The number of benzene rings is 2. The molecule has 0 bridgehead atoms. The number of anilines is 2. The summed E-state index contributed by atoms with van der Waals surface area (Å²) >= 11 is 0. The van der Waals surface area contributed by atoms with E-state index in [4.69, 9.17) is 10.5 Å². The molecule has 1 atom stereocenters. The average Bonchev–Trinajstić information content (AvgIpc) is 2.45. The number of halogens is 1. The van der Waals surface area contributed by atoms with Crippen LogP contribution in [0.5, 0.6) is 5.75 Å². The summed E-state index contributed by atoms with van der Waals surface area (Å²) in [4.78, 5) is 12.0. The molecule has 2 aromatic rings. The third-order valence-electron chi connectivity index (χ3n) is 2.97. The van der Waals surface area contributed by atoms with Gasteiger partial charge in [-0.05, 0) is 44.2 Å². The first-order chi connectivity index (χ1) is 9.95. The van der Waals surface area contributed by atoms with Crippen molar-refractivity contribution in [2.75, 3.05) is 11.1 Å². The number of amides is 1. The Morgan fingerprint density at radius 1 is 1.24 bits per heavy atom. The third-order valence-corrected chi connectivity index (χ3v) is 2.97. The third kappa shape index (κ3) is 3.95. The second kappa shape index (κ2) is 6.26. The van der Waals surface area contributed by atoms with Crippen molar-refractivity contribution in [2.45, 2.75) is 20.0 Å². The molecule has 110 valence electrons. The van der Waals surface area contributed by atoms with Gasteiger partial charge in [-0.25, -0.2) is 4.39 Å². The molecular formula is C16H17FN2O2. The molecule has 0 heterocycles. The largest absolute Gasteiger partial charge is 0.481 e. The first-order valence-corrected chi connectivity index (χ1v) is 6.55. The summed E-state index contributed by atoms with van der Waals surface area (Å²) < 4.78 is 18.6. The lowest BCUT2D eigenvalue weighted by molar-refractivity contribution is -0.122. The molecule has 3 N–H and O–H groups in total. The molecule has 0 aromatic heterocycles. The van der Waals surface area contributed by atoms with Crippen molar-refractivity contribution < 1.29 is 13.9 Å². The van der Waals surface area contributed by atoms with Gasteiger partial charge in [-0.2, -0.15) is 0 Å². The van der Waals surface area contributed by atoms with E-state index in [1.807, 2.05) is 19.1 Å². The van der Waals surface area contributed by atoms with Crippen LogP contribution in [0.3, 0.4) is 0 Å². The topological polar surface area (TPSA) is 64.3 Å². The fourth-order valence-corrected chi connectivity index (χ4v) is 1.74. The van der Waals surface area contributed by atoms with Gasteiger partial charge in [0.2, 0.25) is 0 Å². The first kappa shape index (κ1) is 14.8. The Balaban J connectivity index is 1.98. The van der Waals surface area contributed by atoms with Crippen molar-refractivity contribution in [3.05, 3.63) is 53.8 Å². The number of ether oxygens (including phenoxy) is 1. The van der Waals surface area contributed by atoms with Crippen molar-refractivity contribution in [2.24, 2.45) is 0 Å². The van der Waals surface area contributed by atoms with Gasteiger partial charge in [-0.3, -0.25) is 4.79 Å². The number of carbonyl (C=O) groups excluding carboxylic acids is 1. The molecule has 0 radical (unpaired) electrons. The van der Waals surface area contributed by atoms with Crippen molar-refractivity contribution in [1.82, 2.24) is 0 Å². The highest BCUT2D eigenvalue weighted by atomic mass is 19.1. The quantitative estimate of drug-likeness (QED) is 0.850. The molecular weight excluding hydrogens is 271 g/mol. The number of nitrogen functional groups attached to an aromatic ring is 1. The van der Waals surface area contributed by atoms with Crippen LogP contribution >= 0.6 is 0 Å². The van der Waals surface area contributed by atoms with Gasteiger partial charge in [0.05, 0.1) is 5.69 Å². The number of hydrogen-bond donors (Lipinski definition) is 2. The van der Waals surface area contributed by atoms with Gasteiger partial charge in [-0.15, -0.1) is 0 Å². The summed E-state index contributed by atoms with van der Waals surface area (Å²) in [6.07, 6.45) is -0.681. The summed E-state index contributed by atoms with van der Waals surface area (Å²) in [7, 11) is 0. The lowest BCUT2D eigenvalue weighted by Crippen LogP contribution is -2.30. The monoisotopic (exact) mass is 288 g/mol. The minimum atomic E-state index is -0.681. The number of nitrogens with two attached hydrogens (primary N) is 1. The predicted octanol–water partition coefficient (Wildman–Crippen LogP) is 3.12. The lowest BCUT2D eigenvalue weighted by Gasteiger charge is -2.15. The summed E-state index contributed by atoms with van der Waals surface area (Å²) in [5, 5.41) is 2.63. The van der Waals surface area contributed by atoms with Gasteiger partial charge in [0.1, 0.15) is 11.6 Å². The fraction of sp³-hybridized carbons (Fsp3) is 0.188. The Kier molecular flexibility index (Phi) is 4.42. The van der Waals surface area contributed by atoms with Crippen LogP contribution in [0.2, 0.25) is 0 Å². The molecule has 5 heteroatoms. The first-order valence-electron chi connectivity index (χ1n) is 6.55. The van der Waals surface area contributed by atoms with Crippen molar-refractivity contribution in [1.29, 1.82) is 0 Å². The summed E-state index contributed by atoms with van der Waals surface area (Å²) in [5.41, 5.74) is 6.98. The number of aryl methyl sites for hydroxylation is 1. The van der Waals surface area contributed by atoms with E-state index in [1.54, 1.807) is 19.1 Å². The molecule has 0 saturated carbocycles. The molecule has 1 unspecified atom stereocenters. The van der Waals surface area contributed by atoms with Crippen LogP contribution in [0.15, 0.2) is 42.5 Å². The summed E-state index contributed by atoms with van der Waals surface area (Å²) in [5.74, 6) is -0.236. The highest BCUT2D eigenvalue weighted by molar-refractivity contribution is 5.94. The smallest absolute Gasteiger partial charge is 0.265 e. The van der Waals surface area contributed by atoms with Crippen LogP contribution in [-0.2, 0) is 4.79 Å². The standard InChI is InChI=1S/C16H17FN2O2/c1-10-3-6-13(7-4-10)21-11(2)16(20)19-12-5-8-14(17)15(18)9-12/h3-9,11H,18H2,1-2H3,(H,19,20). The molecule has 0 fully saturated rings. The molecule has 0 aliphatic carbocycles. The number of hydrogen-bond acceptors (Lipinski definition) is 3. The number of carbonyl (C=O) groups is 1. The van der Waals surface area contributed by atoms with E-state index in [0.29, 0.717) is 11.4 Å². The van der Waals surface area contributed by atoms with E-state index in [2.05, 4.69) is 5.32 Å². The van der Waals surface area contributed by atoms with Crippen LogP contribution in [0.1, 0.15) is 12.5 Å². The summed E-state index contributed by atoms with van der Waals surface area (Å²) in [6, 6.07) is 11.4. The Labute approximate surface area is 122 Å². The number of nitrogens with one attached hydrogen (secondary N) is 1. The van der Waals surface area contributed by atoms with Gasteiger partial charge < -0.3 is 15.8 Å². The molecule has 0 aliphatic rings. The average molecular weight is 288 g/mol. The van der Waals surface area contributed by atoms with E-state index < -0.39 is 11.9 Å². The molecule has 1 amide bonds. The van der Waals surface area contributed by atoms with Crippen molar-refractivity contribution >= 4 is 17.3 Å². The van der Waals surface area contributed by atoms with Gasteiger partial charge in [0, 0.05) is 5.69 Å². The zero-order chi connectivity index (χ0) is 15.4. The van der Waals surface area contributed by atoms with E-state index in [9.17, 15) is 9.18 Å². The van der Waals surface area contributed by atoms with Crippen molar-refractivity contribution in [3.63, 3.8) is 0 Å². The van der Waals surface area contributed by atoms with Gasteiger partial charge >= 0.3 is 0 Å². The van der Waals surface area contributed by atoms with Crippen LogP contribution in [0.25, 0.3) is 0 Å². The number of rotatable bonds is 4. The van der Waals surface area contributed by atoms with Crippen LogP contribution in [-0.4, -0.2) is 12.0 Å². The SMILES string of the molecule is Cc1ccc(OC(C)C(=O)Nc2ccc(F)c(N)c2)cc1. The minimum absolute atomic E-state index is 0.0140. The molecule has 2 aromatic carbocycles. The molecule has 0 saturated heterocycles. The zero-order valence-electron chi connectivity index (χ0n) is 11.9. The van der Waals surface area contributed by atoms with Crippen LogP contribution in [0, 0.1) is 12.7 Å². The van der Waals surface area contributed by atoms with Crippen LogP contribution < -0.4 is 15.8 Å². The summed E-state index contributed by atoms with van der Waals surface area (Å²) in [6.45, 7) is 3.61. The Hall–Kier alpha value is -2.56. The molecule has 4 nitrogen and oxygen atoms in total. The second-order valence-corrected chi connectivity index (χ2v) is 4.80. The Morgan fingerprint density at radius 2 is 1.90 bits per heavy atom. The maximum Gasteiger partial charge on any atom is 0.265 e. The maximum absolute atomic E-state index is 13.1. The highest BCUT2D eigenvalue weighted by Gasteiger charge is 2.15. The maximum atomic E-state index is 13.1. The van der Waals surface area contributed by atoms with Gasteiger partial charge in [0.25, 0.3) is 5.91 Å². The molecule has 0 spiro atoms. The Morgan fingerprint density at radius 3 is 2.52 bits per heavy atom. The van der Waals surface area contributed by atoms with E-state index in [1.165, 1.54) is 18.2 Å². The fourth-order valence-electron chi connectivity index (χ4n) is 1.74. The van der Waals surface area contributed by atoms with Gasteiger partial charge in [-0.1, -0.05) is 17.7 Å².